The number of phenols is 1. The maximum Gasteiger partial charge on any atom is 0.273 e. The minimum Gasteiger partial charge on any atom is -0.507 e. The minimum absolute atomic E-state index is 0.218. The van der Waals surface area contributed by atoms with Crippen LogP contribution in [-0.4, -0.2) is 19.6 Å². The molecule has 0 saturated carbocycles. The number of hydrogen-bond donors (Lipinski definition) is 1. The molecule has 0 aliphatic heterocycles. The van der Waals surface area contributed by atoms with Crippen LogP contribution in [0.15, 0.2) is 91.0 Å². The molecule has 4 aromatic carbocycles. The summed E-state index contributed by atoms with van der Waals surface area (Å²) in [6, 6.07) is 25.3. The normalized spacial score (nSPS) is 11.0. The van der Waals surface area contributed by atoms with Crippen molar-refractivity contribution < 1.29 is 19.2 Å². The highest BCUT2D eigenvalue weighted by Crippen LogP contribution is 2.35. The van der Waals surface area contributed by atoms with Gasteiger partial charge in [-0.3, -0.25) is 10.1 Å². The van der Waals surface area contributed by atoms with E-state index in [0.29, 0.717) is 35.8 Å². The third-order valence-corrected chi connectivity index (χ3v) is 5.66. The van der Waals surface area contributed by atoms with Gasteiger partial charge in [0.05, 0.1) is 27.6 Å². The highest BCUT2D eigenvalue weighted by molar-refractivity contribution is 5.83. The van der Waals surface area contributed by atoms with Crippen LogP contribution in [0.25, 0.3) is 22.4 Å². The first-order valence-electron chi connectivity index (χ1n) is 10.9. The van der Waals surface area contributed by atoms with E-state index in [2.05, 4.69) is 0 Å². The van der Waals surface area contributed by atoms with Crippen molar-refractivity contribution in [3.63, 3.8) is 0 Å². The molecule has 0 saturated heterocycles. The second-order valence-corrected chi connectivity index (χ2v) is 8.03. The SMILES string of the molecule is O=[N+]([O-])c1ccc(-c2nc3cc(OCc4ccccc4)ccc3n2Cc2ccc(F)cc2)c(O)c1. The van der Waals surface area contributed by atoms with Crippen molar-refractivity contribution >= 4 is 16.7 Å². The summed E-state index contributed by atoms with van der Waals surface area (Å²) in [5.74, 6) is 0.470. The molecule has 0 radical (unpaired) electrons. The van der Waals surface area contributed by atoms with Gasteiger partial charge in [0.25, 0.3) is 5.69 Å². The van der Waals surface area contributed by atoms with Gasteiger partial charge in [-0.15, -0.1) is 0 Å². The average Bonchev–Trinajstić information content (AvgIpc) is 3.21. The number of phenolic OH excluding ortho intramolecular Hbond substituents is 1. The molecule has 8 heteroatoms. The van der Waals surface area contributed by atoms with E-state index in [0.717, 1.165) is 22.7 Å². The Labute approximate surface area is 199 Å². The summed E-state index contributed by atoms with van der Waals surface area (Å²) in [6.07, 6.45) is 0. The molecule has 5 rings (SSSR count). The molecule has 0 bridgehead atoms. The number of halogens is 1. The first-order valence-corrected chi connectivity index (χ1v) is 10.9. The quantitative estimate of drug-likeness (QED) is 0.230. The van der Waals surface area contributed by atoms with Gasteiger partial charge in [-0.05, 0) is 41.5 Å². The first-order chi connectivity index (χ1) is 17.0. The molecule has 0 aliphatic carbocycles. The van der Waals surface area contributed by atoms with Gasteiger partial charge < -0.3 is 14.4 Å². The smallest absolute Gasteiger partial charge is 0.273 e. The van der Waals surface area contributed by atoms with Crippen LogP contribution < -0.4 is 4.74 Å². The van der Waals surface area contributed by atoms with Gasteiger partial charge in [0, 0.05) is 18.7 Å². The number of fused-ring (bicyclic) bond motifs is 1. The van der Waals surface area contributed by atoms with Crippen LogP contribution in [0.1, 0.15) is 11.1 Å². The van der Waals surface area contributed by atoms with Crippen LogP contribution in [-0.2, 0) is 13.2 Å². The lowest BCUT2D eigenvalue weighted by Gasteiger charge is -2.11. The van der Waals surface area contributed by atoms with Gasteiger partial charge in [-0.1, -0.05) is 42.5 Å². The van der Waals surface area contributed by atoms with Crippen LogP contribution in [0.4, 0.5) is 10.1 Å². The first kappa shape index (κ1) is 22.1. The second kappa shape index (κ2) is 9.26. The molecule has 0 aliphatic rings. The van der Waals surface area contributed by atoms with Crippen molar-refractivity contribution in [2.24, 2.45) is 0 Å². The van der Waals surface area contributed by atoms with Gasteiger partial charge in [-0.25, -0.2) is 9.37 Å². The Morgan fingerprint density at radius 1 is 0.943 bits per heavy atom. The number of imidazole rings is 1. The molecule has 0 unspecified atom stereocenters. The number of nitro groups is 1. The summed E-state index contributed by atoms with van der Waals surface area (Å²) in [5, 5.41) is 21.7. The van der Waals surface area contributed by atoms with E-state index in [1.54, 1.807) is 12.1 Å². The van der Waals surface area contributed by atoms with E-state index < -0.39 is 4.92 Å². The zero-order chi connectivity index (χ0) is 24.4. The molecule has 0 spiro atoms. The number of nitro benzene ring substituents is 1. The van der Waals surface area contributed by atoms with Crippen LogP contribution in [0.3, 0.4) is 0 Å². The van der Waals surface area contributed by atoms with Crippen LogP contribution in [0, 0.1) is 15.9 Å². The number of benzene rings is 4. The van der Waals surface area contributed by atoms with Gasteiger partial charge in [-0.2, -0.15) is 0 Å². The Balaban J connectivity index is 1.56. The number of ether oxygens (including phenoxy) is 1. The third kappa shape index (κ3) is 4.67. The van der Waals surface area contributed by atoms with Crippen molar-refractivity contribution in [1.29, 1.82) is 0 Å². The predicted octanol–water partition coefficient (Wildman–Crippen LogP) is 6.08. The van der Waals surface area contributed by atoms with E-state index >= 15 is 0 Å². The van der Waals surface area contributed by atoms with Crippen molar-refractivity contribution in [3.8, 4) is 22.9 Å². The Morgan fingerprint density at radius 2 is 1.71 bits per heavy atom. The summed E-state index contributed by atoms with van der Waals surface area (Å²) in [4.78, 5) is 15.3. The summed E-state index contributed by atoms with van der Waals surface area (Å²) >= 11 is 0. The molecule has 1 N–H and O–H groups in total. The molecule has 0 amide bonds. The van der Waals surface area contributed by atoms with Gasteiger partial charge in [0.15, 0.2) is 0 Å². The molecule has 0 atom stereocenters. The van der Waals surface area contributed by atoms with Crippen LogP contribution in [0.5, 0.6) is 11.5 Å². The van der Waals surface area contributed by atoms with E-state index in [4.69, 9.17) is 9.72 Å². The monoisotopic (exact) mass is 469 g/mol. The Morgan fingerprint density at radius 3 is 2.43 bits per heavy atom. The fraction of sp³-hybridized carbons (Fsp3) is 0.0741. The standard InChI is InChI=1S/C27H20FN3O4/c28-20-8-6-18(7-9-20)16-30-25-13-11-22(35-17-19-4-2-1-3-5-19)15-24(25)29-27(30)23-12-10-21(31(33)34)14-26(23)32/h1-15,32H,16-17H2. The number of nitrogens with zero attached hydrogens (tertiary/aromatic N) is 3. The van der Waals surface area contributed by atoms with Crippen molar-refractivity contribution in [2.45, 2.75) is 13.2 Å². The van der Waals surface area contributed by atoms with E-state index in [1.807, 2.05) is 53.1 Å². The Bertz CT molecular complexity index is 1520. The molecule has 1 aromatic heterocycles. The van der Waals surface area contributed by atoms with E-state index in [1.165, 1.54) is 24.3 Å². The molecule has 174 valence electrons. The van der Waals surface area contributed by atoms with Gasteiger partial charge in [0.1, 0.15) is 29.7 Å². The average molecular weight is 469 g/mol. The molecule has 1 heterocycles. The molecule has 7 nitrogen and oxygen atoms in total. The van der Waals surface area contributed by atoms with Crippen molar-refractivity contribution in [1.82, 2.24) is 9.55 Å². The number of rotatable bonds is 7. The van der Waals surface area contributed by atoms with Gasteiger partial charge >= 0.3 is 0 Å². The van der Waals surface area contributed by atoms with Crippen molar-refractivity contribution in [2.75, 3.05) is 0 Å². The zero-order valence-corrected chi connectivity index (χ0v) is 18.5. The largest absolute Gasteiger partial charge is 0.507 e. The Kier molecular flexibility index (Phi) is 5.85. The Hall–Kier alpha value is -4.72. The molecule has 0 fully saturated rings. The van der Waals surface area contributed by atoms with E-state index in [-0.39, 0.29) is 17.3 Å². The predicted molar refractivity (Wildman–Crippen MR) is 130 cm³/mol. The topological polar surface area (TPSA) is 90.4 Å². The highest BCUT2D eigenvalue weighted by Gasteiger charge is 2.19. The molecule has 5 aromatic rings. The fourth-order valence-corrected chi connectivity index (χ4v) is 3.90. The molecular weight excluding hydrogens is 449 g/mol. The summed E-state index contributed by atoms with van der Waals surface area (Å²) in [7, 11) is 0. The minimum atomic E-state index is -0.568. The summed E-state index contributed by atoms with van der Waals surface area (Å²) in [6.45, 7) is 0.755. The lowest BCUT2D eigenvalue weighted by atomic mass is 10.1. The lowest BCUT2D eigenvalue weighted by molar-refractivity contribution is -0.384. The van der Waals surface area contributed by atoms with E-state index in [9.17, 15) is 19.6 Å². The molecule has 35 heavy (non-hydrogen) atoms. The maximum atomic E-state index is 13.4. The fourth-order valence-electron chi connectivity index (χ4n) is 3.90. The second-order valence-electron chi connectivity index (χ2n) is 8.03. The molecular formula is C27H20FN3O4. The highest BCUT2D eigenvalue weighted by atomic mass is 19.1. The van der Waals surface area contributed by atoms with Crippen molar-refractivity contribution in [3.05, 3.63) is 118 Å². The number of aromatic hydroxyl groups is 1. The lowest BCUT2D eigenvalue weighted by Crippen LogP contribution is -2.03. The number of hydrogen-bond acceptors (Lipinski definition) is 5. The summed E-state index contributed by atoms with van der Waals surface area (Å²) < 4.78 is 21.3. The maximum absolute atomic E-state index is 13.4. The van der Waals surface area contributed by atoms with Crippen LogP contribution in [0.2, 0.25) is 0 Å². The summed E-state index contributed by atoms with van der Waals surface area (Å²) in [5.41, 5.74) is 3.40. The van der Waals surface area contributed by atoms with Crippen LogP contribution >= 0.6 is 0 Å². The van der Waals surface area contributed by atoms with Gasteiger partial charge in [0.2, 0.25) is 0 Å². The number of aromatic nitrogens is 2. The third-order valence-electron chi connectivity index (χ3n) is 5.66. The number of non-ortho nitro benzene ring substituents is 1. The zero-order valence-electron chi connectivity index (χ0n) is 18.5.